The van der Waals surface area contributed by atoms with Crippen LogP contribution in [0.15, 0.2) is 53.3 Å². The van der Waals surface area contributed by atoms with Gasteiger partial charge in [0, 0.05) is 30.6 Å². The van der Waals surface area contributed by atoms with E-state index in [1.807, 2.05) is 13.0 Å². The van der Waals surface area contributed by atoms with Crippen LogP contribution in [0, 0.1) is 6.92 Å². The van der Waals surface area contributed by atoms with E-state index in [1.54, 1.807) is 12.1 Å². The summed E-state index contributed by atoms with van der Waals surface area (Å²) in [5, 5.41) is 12.2. The van der Waals surface area contributed by atoms with Gasteiger partial charge in [0.1, 0.15) is 11.7 Å². The van der Waals surface area contributed by atoms with E-state index in [-0.39, 0.29) is 29.5 Å². The summed E-state index contributed by atoms with van der Waals surface area (Å²) in [5.74, 6) is -0.774. The number of carbonyl (C=O) groups is 1. The number of halogens is 3. The van der Waals surface area contributed by atoms with Crippen LogP contribution in [-0.4, -0.2) is 52.1 Å². The molecule has 1 amide bonds. The number of aromatic amines is 1. The normalized spacial score (nSPS) is 15.9. The van der Waals surface area contributed by atoms with E-state index in [1.165, 1.54) is 29.6 Å². The van der Waals surface area contributed by atoms with Gasteiger partial charge in [0.25, 0.3) is 5.89 Å². The predicted octanol–water partition coefficient (Wildman–Crippen LogP) is 3.62. The van der Waals surface area contributed by atoms with Crippen molar-refractivity contribution in [1.29, 1.82) is 0 Å². The Kier molecular flexibility index (Phi) is 4.88. The fourth-order valence-corrected chi connectivity index (χ4v) is 4.40. The van der Waals surface area contributed by atoms with Gasteiger partial charge >= 0.3 is 18.0 Å². The van der Waals surface area contributed by atoms with E-state index in [2.05, 4.69) is 30.2 Å². The summed E-state index contributed by atoms with van der Waals surface area (Å²) in [7, 11) is 0. The zero-order chi connectivity index (χ0) is 25.0. The molecule has 1 aliphatic rings. The zero-order valence-electron chi connectivity index (χ0n) is 18.7. The van der Waals surface area contributed by atoms with Gasteiger partial charge in [0.2, 0.25) is 0 Å². The number of aryl methyl sites for hydroxylation is 1. The minimum Gasteiger partial charge on any atom is -0.411 e. The second kappa shape index (κ2) is 8.00. The molecule has 10 nitrogen and oxygen atoms in total. The fourth-order valence-electron chi connectivity index (χ4n) is 4.40. The van der Waals surface area contributed by atoms with Crippen LogP contribution >= 0.6 is 0 Å². The summed E-state index contributed by atoms with van der Waals surface area (Å²) in [6.07, 6.45) is -1.20. The van der Waals surface area contributed by atoms with Crippen LogP contribution in [-0.2, 0) is 12.6 Å². The van der Waals surface area contributed by atoms with Gasteiger partial charge in [-0.05, 0) is 37.3 Å². The van der Waals surface area contributed by atoms with Gasteiger partial charge in [-0.3, -0.25) is 4.79 Å². The third-order valence-electron chi connectivity index (χ3n) is 6.01. The number of nitrogens with zero attached hydrogens (tertiary/aromatic N) is 7. The van der Waals surface area contributed by atoms with E-state index in [0.717, 1.165) is 22.0 Å². The Morgan fingerprint density at radius 3 is 2.86 bits per heavy atom. The van der Waals surface area contributed by atoms with Crippen LogP contribution < -0.4 is 0 Å². The smallest absolute Gasteiger partial charge is 0.411 e. The number of H-pyrrole nitrogens is 1. The quantitative estimate of drug-likeness (QED) is 0.407. The summed E-state index contributed by atoms with van der Waals surface area (Å²) in [6, 6.07) is 8.00. The van der Waals surface area contributed by atoms with Crippen LogP contribution in [0.3, 0.4) is 0 Å². The minimum atomic E-state index is -4.57. The summed E-state index contributed by atoms with van der Waals surface area (Å²) in [4.78, 5) is 26.7. The second-order valence-electron chi connectivity index (χ2n) is 8.31. The Morgan fingerprint density at radius 2 is 2.06 bits per heavy atom. The van der Waals surface area contributed by atoms with Crippen molar-refractivity contribution in [3.8, 4) is 11.6 Å². The molecule has 5 aromatic rings. The maximum absolute atomic E-state index is 13.6. The molecule has 1 aliphatic heterocycles. The topological polar surface area (TPSA) is 118 Å². The summed E-state index contributed by atoms with van der Waals surface area (Å²) < 4.78 is 47.6. The number of pyridine rings is 2. The average molecular weight is 494 g/mol. The molecule has 0 bridgehead atoms. The minimum absolute atomic E-state index is 0.0821. The highest BCUT2D eigenvalue weighted by Gasteiger charge is 2.39. The predicted molar refractivity (Wildman–Crippen MR) is 118 cm³/mol. The molecule has 5 aromatic heterocycles. The highest BCUT2D eigenvalue weighted by molar-refractivity contribution is 5.90. The number of rotatable bonds is 3. The van der Waals surface area contributed by atoms with Crippen molar-refractivity contribution in [3.63, 3.8) is 0 Å². The zero-order valence-corrected chi connectivity index (χ0v) is 18.7. The van der Waals surface area contributed by atoms with Crippen molar-refractivity contribution in [3.05, 3.63) is 83.2 Å². The molecule has 0 unspecified atom stereocenters. The number of alkyl halides is 3. The third-order valence-corrected chi connectivity index (χ3v) is 6.01. The monoisotopic (exact) mass is 494 g/mol. The van der Waals surface area contributed by atoms with Crippen LogP contribution in [0.4, 0.5) is 13.2 Å². The lowest BCUT2D eigenvalue weighted by molar-refractivity contribution is -0.136. The molecule has 0 aromatic carbocycles. The molecule has 1 N–H and O–H groups in total. The Balaban J connectivity index is 1.42. The molecule has 0 saturated carbocycles. The first kappa shape index (κ1) is 21.9. The summed E-state index contributed by atoms with van der Waals surface area (Å²) in [6.45, 7) is 2.05. The summed E-state index contributed by atoms with van der Waals surface area (Å²) >= 11 is 0. The number of nitrogens with one attached hydrogen (secondary N) is 1. The van der Waals surface area contributed by atoms with Crippen LogP contribution in [0.5, 0.6) is 0 Å². The lowest BCUT2D eigenvalue weighted by atomic mass is 9.99. The molecule has 1 atom stereocenters. The highest BCUT2D eigenvalue weighted by Crippen LogP contribution is 2.37. The number of aromatic nitrogens is 7. The first-order valence-electron chi connectivity index (χ1n) is 11.0. The average Bonchev–Trinajstić information content (AvgIpc) is 3.61. The molecule has 182 valence electrons. The van der Waals surface area contributed by atoms with Crippen LogP contribution in [0.25, 0.3) is 17.1 Å². The van der Waals surface area contributed by atoms with E-state index in [9.17, 15) is 18.0 Å². The third kappa shape index (κ3) is 3.59. The van der Waals surface area contributed by atoms with Gasteiger partial charge in [-0.25, -0.2) is 14.5 Å². The first-order valence-corrected chi connectivity index (χ1v) is 11.0. The van der Waals surface area contributed by atoms with Crippen molar-refractivity contribution in [2.24, 2.45) is 0 Å². The van der Waals surface area contributed by atoms with Gasteiger partial charge in [0.05, 0.1) is 28.8 Å². The van der Waals surface area contributed by atoms with Gasteiger partial charge in [-0.1, -0.05) is 6.07 Å². The van der Waals surface area contributed by atoms with Crippen molar-refractivity contribution in [1.82, 2.24) is 39.7 Å². The maximum atomic E-state index is 13.6. The largest absolute Gasteiger partial charge is 0.418 e. The molecule has 6 heterocycles. The SMILES string of the molecule is Cc1cccc(-c2nnc(C(=O)N3CCc4[nH]cnc4[C@H]3c3cc4c(C(F)(F)F)cccn4n3)o2)n1. The molecule has 6 rings (SSSR count). The molecule has 0 radical (unpaired) electrons. The van der Waals surface area contributed by atoms with Gasteiger partial charge in [-0.15, -0.1) is 10.2 Å². The molecule has 0 saturated heterocycles. The van der Waals surface area contributed by atoms with Crippen molar-refractivity contribution < 1.29 is 22.4 Å². The standard InChI is InChI=1S/C23H17F3N8O2/c1-12-4-2-6-15(29-12)20-30-31-21(36-20)22(35)33-9-7-14-18(28-11-27-14)19(33)16-10-17-13(23(24,25)26)5-3-8-34(17)32-16/h2-6,8,10-11,19H,7,9H2,1H3,(H,27,28)/t19-/m1/s1. The molecule has 0 fully saturated rings. The number of hydrogen-bond donors (Lipinski definition) is 1. The molecule has 36 heavy (non-hydrogen) atoms. The number of fused-ring (bicyclic) bond motifs is 2. The lowest BCUT2D eigenvalue weighted by Gasteiger charge is -2.32. The van der Waals surface area contributed by atoms with Crippen molar-refractivity contribution >= 4 is 11.4 Å². The van der Waals surface area contributed by atoms with E-state index in [0.29, 0.717) is 17.8 Å². The number of hydrogen-bond acceptors (Lipinski definition) is 7. The van der Waals surface area contributed by atoms with Crippen molar-refractivity contribution in [2.45, 2.75) is 25.6 Å². The molecule has 0 spiro atoms. The van der Waals surface area contributed by atoms with Crippen LogP contribution in [0.2, 0.25) is 0 Å². The molecule has 13 heteroatoms. The van der Waals surface area contributed by atoms with Gasteiger partial charge in [-0.2, -0.15) is 18.3 Å². The lowest BCUT2D eigenvalue weighted by Crippen LogP contribution is -2.41. The Labute approximate surface area is 200 Å². The van der Waals surface area contributed by atoms with Crippen LogP contribution in [0.1, 0.15) is 45.1 Å². The Bertz CT molecular complexity index is 1600. The number of imidazole rings is 1. The summed E-state index contributed by atoms with van der Waals surface area (Å²) in [5.41, 5.74) is 1.71. The van der Waals surface area contributed by atoms with E-state index >= 15 is 0 Å². The molecule has 0 aliphatic carbocycles. The van der Waals surface area contributed by atoms with Gasteiger partial charge < -0.3 is 14.3 Å². The number of amides is 1. The van der Waals surface area contributed by atoms with E-state index < -0.39 is 23.7 Å². The van der Waals surface area contributed by atoms with E-state index in [4.69, 9.17) is 4.42 Å². The fraction of sp³-hybridized carbons (Fsp3) is 0.217. The molecular weight excluding hydrogens is 477 g/mol. The van der Waals surface area contributed by atoms with Gasteiger partial charge in [0.15, 0.2) is 0 Å². The number of carbonyl (C=O) groups excluding carboxylic acids is 1. The Morgan fingerprint density at radius 1 is 1.19 bits per heavy atom. The molecular formula is C23H17F3N8O2. The highest BCUT2D eigenvalue weighted by atomic mass is 19.4. The second-order valence-corrected chi connectivity index (χ2v) is 8.31. The first-order chi connectivity index (χ1) is 17.3. The maximum Gasteiger partial charge on any atom is 0.418 e. The van der Waals surface area contributed by atoms with Crippen molar-refractivity contribution in [2.75, 3.05) is 6.54 Å². The Hall–Kier alpha value is -4.55.